The molecule has 0 atom stereocenters. The zero-order valence-corrected chi connectivity index (χ0v) is 13.3. The predicted octanol–water partition coefficient (Wildman–Crippen LogP) is 3.41. The van der Waals surface area contributed by atoms with E-state index in [9.17, 15) is 9.90 Å². The van der Waals surface area contributed by atoms with Gasteiger partial charge in [0.15, 0.2) is 5.69 Å². The van der Waals surface area contributed by atoms with E-state index in [4.69, 9.17) is 6.57 Å². The molecule has 1 aromatic carbocycles. The molecule has 6 nitrogen and oxygen atoms in total. The first-order chi connectivity index (χ1) is 10.9. The highest BCUT2D eigenvalue weighted by atomic mass is 16.3. The Balaban J connectivity index is 1.99. The van der Waals surface area contributed by atoms with Crippen LogP contribution >= 0.6 is 0 Å². The van der Waals surface area contributed by atoms with Gasteiger partial charge in [-0.3, -0.25) is 10.1 Å². The van der Waals surface area contributed by atoms with Crippen molar-refractivity contribution in [3.8, 4) is 0 Å². The first-order valence-corrected chi connectivity index (χ1v) is 7.79. The van der Waals surface area contributed by atoms with Crippen molar-refractivity contribution in [1.29, 1.82) is 0 Å². The molecule has 3 rings (SSSR count). The molecule has 2 aromatic rings. The van der Waals surface area contributed by atoms with Gasteiger partial charge in [0.1, 0.15) is 0 Å². The first kappa shape index (κ1) is 15.5. The SMILES string of the molecule is [C-]#[N+]c1ccc2nc(NC(=O)CC(C)(C)O)n(C3CCC3)c2c1. The number of amides is 1. The summed E-state index contributed by atoms with van der Waals surface area (Å²) in [6, 6.07) is 5.66. The smallest absolute Gasteiger partial charge is 0.229 e. The summed E-state index contributed by atoms with van der Waals surface area (Å²) < 4.78 is 2.02. The second-order valence-corrected chi connectivity index (χ2v) is 6.71. The number of aromatic nitrogens is 2. The molecule has 0 radical (unpaired) electrons. The number of nitrogens with one attached hydrogen (secondary N) is 1. The van der Waals surface area contributed by atoms with Crippen LogP contribution in [-0.2, 0) is 4.79 Å². The fraction of sp³-hybridized carbons (Fsp3) is 0.471. The summed E-state index contributed by atoms with van der Waals surface area (Å²) in [5, 5.41) is 12.6. The molecule has 1 aliphatic carbocycles. The molecule has 1 aliphatic rings. The van der Waals surface area contributed by atoms with Gasteiger partial charge in [-0.05, 0) is 45.2 Å². The molecule has 23 heavy (non-hydrogen) atoms. The Morgan fingerprint density at radius 3 is 2.83 bits per heavy atom. The van der Waals surface area contributed by atoms with Crippen LogP contribution in [0.4, 0.5) is 11.6 Å². The third-order valence-corrected chi connectivity index (χ3v) is 4.09. The van der Waals surface area contributed by atoms with E-state index in [1.807, 2.05) is 16.7 Å². The fourth-order valence-corrected chi connectivity index (χ4v) is 2.82. The van der Waals surface area contributed by atoms with Crippen molar-refractivity contribution in [2.24, 2.45) is 0 Å². The topological polar surface area (TPSA) is 71.5 Å². The summed E-state index contributed by atoms with van der Waals surface area (Å²) in [6.45, 7) is 10.4. The van der Waals surface area contributed by atoms with Crippen LogP contribution < -0.4 is 5.32 Å². The number of aliphatic hydroxyl groups is 1. The predicted molar refractivity (Wildman–Crippen MR) is 88.4 cm³/mol. The zero-order chi connectivity index (χ0) is 16.6. The number of anilines is 1. The molecular formula is C17H20N4O2. The summed E-state index contributed by atoms with van der Waals surface area (Å²) >= 11 is 0. The van der Waals surface area contributed by atoms with Crippen LogP contribution in [0.15, 0.2) is 18.2 Å². The average Bonchev–Trinajstić information content (AvgIpc) is 2.72. The van der Waals surface area contributed by atoms with E-state index in [2.05, 4.69) is 15.1 Å². The van der Waals surface area contributed by atoms with E-state index >= 15 is 0 Å². The Hall–Kier alpha value is -2.39. The van der Waals surface area contributed by atoms with Gasteiger partial charge in [-0.1, -0.05) is 6.07 Å². The van der Waals surface area contributed by atoms with Crippen molar-refractivity contribution in [3.63, 3.8) is 0 Å². The van der Waals surface area contributed by atoms with E-state index in [1.54, 1.807) is 19.9 Å². The summed E-state index contributed by atoms with van der Waals surface area (Å²) in [5.74, 6) is 0.236. The lowest BCUT2D eigenvalue weighted by atomic mass is 9.92. The zero-order valence-electron chi connectivity index (χ0n) is 13.3. The van der Waals surface area contributed by atoms with Crippen LogP contribution in [0.25, 0.3) is 15.9 Å². The minimum Gasteiger partial charge on any atom is -0.390 e. The van der Waals surface area contributed by atoms with E-state index in [0.717, 1.165) is 30.3 Å². The minimum atomic E-state index is -1.06. The summed E-state index contributed by atoms with van der Waals surface area (Å²) in [4.78, 5) is 20.1. The number of imidazole rings is 1. The molecule has 0 unspecified atom stereocenters. The molecule has 2 N–H and O–H groups in total. The van der Waals surface area contributed by atoms with Crippen molar-refractivity contribution in [1.82, 2.24) is 9.55 Å². The molecule has 1 saturated carbocycles. The lowest BCUT2D eigenvalue weighted by Gasteiger charge is -2.29. The number of carbonyl (C=O) groups is 1. The minimum absolute atomic E-state index is 0.00811. The highest BCUT2D eigenvalue weighted by molar-refractivity contribution is 5.92. The number of nitrogens with zero attached hydrogens (tertiary/aromatic N) is 3. The summed E-state index contributed by atoms with van der Waals surface area (Å²) in [5.41, 5.74) is 1.14. The quantitative estimate of drug-likeness (QED) is 0.850. The molecule has 0 spiro atoms. The van der Waals surface area contributed by atoms with Crippen LogP contribution in [0.1, 0.15) is 45.6 Å². The van der Waals surface area contributed by atoms with Crippen molar-refractivity contribution >= 4 is 28.6 Å². The average molecular weight is 312 g/mol. The van der Waals surface area contributed by atoms with Gasteiger partial charge < -0.3 is 9.67 Å². The maximum absolute atomic E-state index is 12.1. The van der Waals surface area contributed by atoms with Crippen molar-refractivity contribution in [3.05, 3.63) is 29.6 Å². The van der Waals surface area contributed by atoms with Crippen molar-refractivity contribution in [2.75, 3.05) is 5.32 Å². The highest BCUT2D eigenvalue weighted by Gasteiger charge is 2.26. The summed E-state index contributed by atoms with van der Waals surface area (Å²) in [7, 11) is 0. The molecule has 1 fully saturated rings. The van der Waals surface area contributed by atoms with Gasteiger partial charge in [0.2, 0.25) is 11.9 Å². The number of hydrogen-bond acceptors (Lipinski definition) is 3. The van der Waals surface area contributed by atoms with Gasteiger partial charge in [0, 0.05) is 6.04 Å². The lowest BCUT2D eigenvalue weighted by molar-refractivity contribution is -0.119. The van der Waals surface area contributed by atoms with Gasteiger partial charge in [0.25, 0.3) is 0 Å². The molecule has 120 valence electrons. The molecule has 1 amide bonds. The molecule has 0 saturated heterocycles. The number of fused-ring (bicyclic) bond motifs is 1. The van der Waals surface area contributed by atoms with E-state index in [1.165, 1.54) is 0 Å². The monoisotopic (exact) mass is 312 g/mol. The number of carbonyl (C=O) groups excluding carboxylic acids is 1. The molecular weight excluding hydrogens is 292 g/mol. The van der Waals surface area contributed by atoms with E-state index in [-0.39, 0.29) is 12.3 Å². The van der Waals surface area contributed by atoms with Gasteiger partial charge >= 0.3 is 0 Å². The molecule has 6 heteroatoms. The third-order valence-electron chi connectivity index (χ3n) is 4.09. The van der Waals surface area contributed by atoms with Crippen LogP contribution in [0.5, 0.6) is 0 Å². The van der Waals surface area contributed by atoms with Gasteiger partial charge in [0.05, 0.1) is 29.6 Å². The molecule has 0 bridgehead atoms. The Kier molecular flexibility index (Phi) is 3.82. The van der Waals surface area contributed by atoms with Gasteiger partial charge in [-0.25, -0.2) is 9.83 Å². The largest absolute Gasteiger partial charge is 0.390 e. The Labute approximate surface area is 135 Å². The van der Waals surface area contributed by atoms with Gasteiger partial charge in [-0.2, -0.15) is 0 Å². The van der Waals surface area contributed by atoms with Crippen LogP contribution in [-0.4, -0.2) is 26.2 Å². The fourth-order valence-electron chi connectivity index (χ4n) is 2.82. The highest BCUT2D eigenvalue weighted by Crippen LogP contribution is 2.38. The van der Waals surface area contributed by atoms with E-state index < -0.39 is 5.60 Å². The van der Waals surface area contributed by atoms with Crippen LogP contribution in [0.3, 0.4) is 0 Å². The van der Waals surface area contributed by atoms with Crippen molar-refractivity contribution < 1.29 is 9.90 Å². The van der Waals surface area contributed by atoms with Crippen LogP contribution in [0, 0.1) is 6.57 Å². The maximum Gasteiger partial charge on any atom is 0.229 e. The first-order valence-electron chi connectivity index (χ1n) is 7.79. The number of rotatable bonds is 4. The summed E-state index contributed by atoms with van der Waals surface area (Å²) in [6.07, 6.45) is 3.25. The van der Waals surface area contributed by atoms with Gasteiger partial charge in [-0.15, -0.1) is 0 Å². The lowest BCUT2D eigenvalue weighted by Crippen LogP contribution is -2.29. The molecule has 1 heterocycles. The Morgan fingerprint density at radius 1 is 1.52 bits per heavy atom. The Morgan fingerprint density at radius 2 is 2.26 bits per heavy atom. The van der Waals surface area contributed by atoms with Crippen molar-refractivity contribution in [2.45, 2.75) is 51.2 Å². The second-order valence-electron chi connectivity index (χ2n) is 6.71. The normalized spacial score (nSPS) is 15.2. The third kappa shape index (κ3) is 3.20. The van der Waals surface area contributed by atoms with Crippen LogP contribution in [0.2, 0.25) is 0 Å². The second kappa shape index (κ2) is 5.67. The standard InChI is InChI=1S/C17H20N4O2/c1-17(2,23)10-15(22)20-16-19-13-8-7-11(18-3)9-14(13)21(16)12-5-4-6-12/h7-9,12,23H,4-6,10H2,1-2H3,(H,19,20,22). The molecule has 1 aromatic heterocycles. The number of hydrogen-bond donors (Lipinski definition) is 2. The number of benzene rings is 1. The van der Waals surface area contributed by atoms with E-state index in [0.29, 0.717) is 17.7 Å². The molecule has 0 aliphatic heterocycles. The Bertz CT molecular complexity index is 791. The maximum atomic E-state index is 12.1.